The van der Waals surface area contributed by atoms with E-state index in [1.807, 2.05) is 0 Å². The molecule has 2 aromatic carbocycles. The van der Waals surface area contributed by atoms with Crippen molar-refractivity contribution in [1.82, 2.24) is 5.32 Å². The van der Waals surface area contributed by atoms with E-state index >= 15 is 0 Å². The number of piperidine rings is 1. The van der Waals surface area contributed by atoms with Crippen molar-refractivity contribution in [3.05, 3.63) is 68.9 Å². The topological polar surface area (TPSA) is 12.0 Å². The van der Waals surface area contributed by atoms with Crippen LogP contribution in [-0.4, -0.2) is 6.54 Å². The smallest absolute Gasteiger partial charge is 0.0187 e. The van der Waals surface area contributed by atoms with Crippen molar-refractivity contribution >= 4 is 11.8 Å². The van der Waals surface area contributed by atoms with Crippen LogP contribution in [0.1, 0.15) is 24.8 Å². The first-order chi connectivity index (χ1) is 9.43. The first-order valence-electron chi connectivity index (χ1n) is 7.11. The Morgan fingerprint density at radius 1 is 0.842 bits per heavy atom. The summed E-state index contributed by atoms with van der Waals surface area (Å²) < 4.78 is 0. The van der Waals surface area contributed by atoms with E-state index in [9.17, 15) is 0 Å². The molecule has 94 valence electrons. The molecule has 1 N–H and O–H groups in total. The number of rotatable bonds is 0. The second kappa shape index (κ2) is 4.27. The molecular formula is C18H17N. The third kappa shape index (κ3) is 1.69. The highest BCUT2D eigenvalue weighted by molar-refractivity contribution is 5.58. The molecule has 1 aliphatic carbocycles. The molecule has 1 fully saturated rings. The summed E-state index contributed by atoms with van der Waals surface area (Å²) >= 11 is 0. The van der Waals surface area contributed by atoms with E-state index in [4.69, 9.17) is 0 Å². The van der Waals surface area contributed by atoms with Gasteiger partial charge in [-0.15, -0.1) is 0 Å². The van der Waals surface area contributed by atoms with Gasteiger partial charge in [-0.2, -0.15) is 0 Å². The van der Waals surface area contributed by atoms with E-state index in [-0.39, 0.29) is 0 Å². The zero-order valence-electron chi connectivity index (χ0n) is 10.9. The second-order valence-electron chi connectivity index (χ2n) is 5.36. The molecular weight excluding hydrogens is 230 g/mol. The minimum atomic E-state index is 1.12. The van der Waals surface area contributed by atoms with Gasteiger partial charge in [0.25, 0.3) is 0 Å². The number of fused-ring (bicyclic) bond motifs is 2. The average Bonchev–Trinajstić information content (AvgIpc) is 2.86. The third-order valence-electron chi connectivity index (χ3n) is 4.15. The molecule has 1 nitrogen and oxygen atoms in total. The van der Waals surface area contributed by atoms with Crippen LogP contribution in [0.2, 0.25) is 0 Å². The Labute approximate surface area is 112 Å². The molecule has 1 saturated heterocycles. The molecule has 0 aromatic heterocycles. The SMILES string of the molecule is C1=c2ccccc2=c2c1ccc/c2=C1\CCCCN1. The molecule has 0 saturated carbocycles. The Balaban J connectivity index is 2.19. The molecule has 1 heteroatoms. The second-order valence-corrected chi connectivity index (χ2v) is 5.36. The van der Waals surface area contributed by atoms with Gasteiger partial charge in [-0.1, -0.05) is 42.5 Å². The Kier molecular flexibility index (Phi) is 2.44. The average molecular weight is 247 g/mol. The normalized spacial score (nSPS) is 19.2. The Hall–Kier alpha value is -2.02. The summed E-state index contributed by atoms with van der Waals surface area (Å²) in [6.45, 7) is 1.12. The van der Waals surface area contributed by atoms with E-state index in [0.29, 0.717) is 0 Å². The highest BCUT2D eigenvalue weighted by Gasteiger charge is 2.08. The molecule has 4 rings (SSSR count). The quantitative estimate of drug-likeness (QED) is 0.640. The summed E-state index contributed by atoms with van der Waals surface area (Å²) in [6.07, 6.45) is 6.08. The van der Waals surface area contributed by atoms with Crippen LogP contribution < -0.4 is 15.8 Å². The predicted octanol–water partition coefficient (Wildman–Crippen LogP) is 2.00. The minimum Gasteiger partial charge on any atom is -0.388 e. The molecule has 0 unspecified atom stereocenters. The molecule has 0 amide bonds. The highest BCUT2D eigenvalue weighted by atomic mass is 14.9. The molecule has 0 spiro atoms. The van der Waals surface area contributed by atoms with E-state index < -0.39 is 0 Å². The Morgan fingerprint density at radius 2 is 1.74 bits per heavy atom. The van der Waals surface area contributed by atoms with Crippen molar-refractivity contribution in [3.63, 3.8) is 0 Å². The maximum absolute atomic E-state index is 3.60. The van der Waals surface area contributed by atoms with Crippen LogP contribution in [0.15, 0.2) is 42.5 Å². The number of benzene rings is 2. The standard InChI is InChI=1S/C18H17N/c1-2-8-15-13(6-1)12-14-7-5-9-16(18(14)15)17-10-3-4-11-19-17/h1-2,5-9,12,19H,3-4,10-11H2/b17-16-. The van der Waals surface area contributed by atoms with Crippen LogP contribution in [0.4, 0.5) is 0 Å². The summed E-state index contributed by atoms with van der Waals surface area (Å²) in [4.78, 5) is 0. The predicted molar refractivity (Wildman–Crippen MR) is 78.6 cm³/mol. The fourth-order valence-corrected chi connectivity index (χ4v) is 3.24. The summed E-state index contributed by atoms with van der Waals surface area (Å²) in [5, 5.41) is 9.15. The monoisotopic (exact) mass is 247 g/mol. The van der Waals surface area contributed by atoms with Gasteiger partial charge >= 0.3 is 0 Å². The van der Waals surface area contributed by atoms with Gasteiger partial charge in [0, 0.05) is 17.5 Å². The fourth-order valence-electron chi connectivity index (χ4n) is 3.24. The van der Waals surface area contributed by atoms with Crippen molar-refractivity contribution in [1.29, 1.82) is 0 Å². The van der Waals surface area contributed by atoms with Gasteiger partial charge < -0.3 is 5.32 Å². The van der Waals surface area contributed by atoms with Gasteiger partial charge in [-0.3, -0.25) is 0 Å². The van der Waals surface area contributed by atoms with Gasteiger partial charge in [0.05, 0.1) is 0 Å². The minimum absolute atomic E-state index is 1.12. The zero-order chi connectivity index (χ0) is 12.7. The van der Waals surface area contributed by atoms with E-state index in [2.05, 4.69) is 53.9 Å². The van der Waals surface area contributed by atoms with Gasteiger partial charge in [-0.25, -0.2) is 0 Å². The molecule has 0 radical (unpaired) electrons. The van der Waals surface area contributed by atoms with Crippen LogP contribution in [0.5, 0.6) is 0 Å². The van der Waals surface area contributed by atoms with Gasteiger partial charge in [-0.05, 0) is 46.6 Å². The highest BCUT2D eigenvalue weighted by Crippen LogP contribution is 2.12. The van der Waals surface area contributed by atoms with Crippen LogP contribution in [-0.2, 0) is 0 Å². The maximum atomic E-state index is 3.60. The fraction of sp³-hybridized carbons (Fsp3) is 0.222. The Morgan fingerprint density at radius 3 is 2.63 bits per heavy atom. The molecule has 2 aliphatic rings. The van der Waals surface area contributed by atoms with Crippen molar-refractivity contribution in [3.8, 4) is 0 Å². The third-order valence-corrected chi connectivity index (χ3v) is 4.15. The van der Waals surface area contributed by atoms with Crippen LogP contribution >= 0.6 is 0 Å². The summed E-state index contributed by atoms with van der Waals surface area (Å²) in [7, 11) is 0. The summed E-state index contributed by atoms with van der Waals surface area (Å²) in [6, 6.07) is 15.4. The lowest BCUT2D eigenvalue weighted by atomic mass is 10.0. The number of nitrogens with one attached hydrogen (secondary N) is 1. The van der Waals surface area contributed by atoms with Gasteiger partial charge in [0.1, 0.15) is 0 Å². The zero-order valence-corrected chi connectivity index (χ0v) is 10.9. The molecule has 1 aliphatic heterocycles. The summed E-state index contributed by atoms with van der Waals surface area (Å²) in [5.74, 6) is 0. The summed E-state index contributed by atoms with van der Waals surface area (Å²) in [5.41, 5.74) is 2.78. The first kappa shape index (κ1) is 10.9. The molecule has 19 heavy (non-hydrogen) atoms. The number of hydrogen-bond donors (Lipinski definition) is 1. The van der Waals surface area contributed by atoms with E-state index in [1.54, 1.807) is 0 Å². The van der Waals surface area contributed by atoms with E-state index in [1.165, 1.54) is 51.4 Å². The first-order valence-corrected chi connectivity index (χ1v) is 7.11. The lowest BCUT2D eigenvalue weighted by Gasteiger charge is -2.17. The molecule has 0 bridgehead atoms. The van der Waals surface area contributed by atoms with Crippen molar-refractivity contribution < 1.29 is 0 Å². The van der Waals surface area contributed by atoms with E-state index in [0.717, 1.165) is 6.54 Å². The van der Waals surface area contributed by atoms with Crippen LogP contribution in [0.3, 0.4) is 0 Å². The van der Waals surface area contributed by atoms with Crippen molar-refractivity contribution in [2.24, 2.45) is 0 Å². The lowest BCUT2D eigenvalue weighted by Crippen LogP contribution is -2.26. The van der Waals surface area contributed by atoms with Gasteiger partial charge in [0.2, 0.25) is 0 Å². The Bertz CT molecular complexity index is 838. The molecule has 2 aromatic rings. The number of hydrogen-bond acceptors (Lipinski definition) is 1. The van der Waals surface area contributed by atoms with Crippen LogP contribution in [0.25, 0.3) is 11.8 Å². The van der Waals surface area contributed by atoms with Crippen molar-refractivity contribution in [2.45, 2.75) is 19.3 Å². The molecule has 1 heterocycles. The molecule has 0 atom stereocenters. The van der Waals surface area contributed by atoms with Crippen LogP contribution in [0, 0.1) is 10.4 Å². The largest absolute Gasteiger partial charge is 0.388 e. The van der Waals surface area contributed by atoms with Gasteiger partial charge in [0.15, 0.2) is 0 Å². The maximum Gasteiger partial charge on any atom is 0.0187 e. The van der Waals surface area contributed by atoms with Crippen molar-refractivity contribution in [2.75, 3.05) is 6.54 Å². The lowest BCUT2D eigenvalue weighted by molar-refractivity contribution is 0.641.